The Morgan fingerprint density at radius 3 is 2.40 bits per heavy atom. The van der Waals surface area contributed by atoms with Crippen LogP contribution in [0.2, 0.25) is 0 Å². The Balaban J connectivity index is 2.18. The summed E-state index contributed by atoms with van der Waals surface area (Å²) in [5, 5.41) is 11.8. The van der Waals surface area contributed by atoms with Gasteiger partial charge < -0.3 is 5.11 Å². The Bertz CT molecular complexity index is 529. The number of benzene rings is 2. The fraction of sp³-hybridized carbons (Fsp3) is 0.231. The van der Waals surface area contributed by atoms with Gasteiger partial charge in [-0.2, -0.15) is 0 Å². The van der Waals surface area contributed by atoms with Gasteiger partial charge in [0.15, 0.2) is 0 Å². The first-order chi connectivity index (χ1) is 7.17. The molecule has 76 valence electrons. The molecule has 0 unspecified atom stereocenters. The van der Waals surface area contributed by atoms with Crippen molar-refractivity contribution in [3.63, 3.8) is 0 Å². The second kappa shape index (κ2) is 2.80. The highest BCUT2D eigenvalue weighted by molar-refractivity contribution is 5.83. The van der Waals surface area contributed by atoms with Crippen molar-refractivity contribution in [3.05, 3.63) is 47.8 Å². The van der Waals surface area contributed by atoms with Crippen molar-refractivity contribution in [2.75, 3.05) is 0 Å². The minimum atomic E-state index is -0.609. The van der Waals surface area contributed by atoms with Crippen molar-refractivity contribution in [3.8, 4) is 0 Å². The van der Waals surface area contributed by atoms with E-state index in [-0.39, 0.29) is 5.82 Å². The van der Waals surface area contributed by atoms with Gasteiger partial charge in [0.1, 0.15) is 5.82 Å². The highest BCUT2D eigenvalue weighted by Gasteiger charge is 2.41. The molecule has 15 heavy (non-hydrogen) atoms. The van der Waals surface area contributed by atoms with Crippen LogP contribution in [0.1, 0.15) is 18.4 Å². The van der Waals surface area contributed by atoms with E-state index in [0.717, 1.165) is 29.2 Å². The molecule has 2 heteroatoms. The molecule has 0 aliphatic heterocycles. The summed E-state index contributed by atoms with van der Waals surface area (Å²) in [4.78, 5) is 0. The van der Waals surface area contributed by atoms with Crippen molar-refractivity contribution in [1.29, 1.82) is 0 Å². The topological polar surface area (TPSA) is 20.2 Å². The van der Waals surface area contributed by atoms with E-state index in [1.807, 2.05) is 18.2 Å². The second-order valence-corrected chi connectivity index (χ2v) is 4.24. The highest BCUT2D eigenvalue weighted by Crippen LogP contribution is 2.45. The maximum atomic E-state index is 12.9. The maximum absolute atomic E-state index is 12.9. The standard InChI is InChI=1S/C13H11FO/c14-12-4-2-9-7-11(13(15)5-6-13)3-1-10(9)8-12/h1-4,7-8,15H,5-6H2. The van der Waals surface area contributed by atoms with Gasteiger partial charge in [-0.25, -0.2) is 4.39 Å². The van der Waals surface area contributed by atoms with E-state index in [1.54, 1.807) is 6.07 Å². The Morgan fingerprint density at radius 1 is 1.00 bits per heavy atom. The van der Waals surface area contributed by atoms with E-state index in [0.29, 0.717) is 0 Å². The molecular formula is C13H11FO. The average Bonchev–Trinajstić information content (AvgIpc) is 2.97. The number of hydrogen-bond acceptors (Lipinski definition) is 1. The average molecular weight is 202 g/mol. The summed E-state index contributed by atoms with van der Waals surface area (Å²) in [6.07, 6.45) is 1.67. The molecule has 0 saturated heterocycles. The molecule has 1 aliphatic carbocycles. The Hall–Kier alpha value is -1.41. The molecule has 0 aromatic heterocycles. The summed E-state index contributed by atoms with van der Waals surface area (Å²) in [5.74, 6) is -0.222. The predicted molar refractivity (Wildman–Crippen MR) is 57.0 cm³/mol. The van der Waals surface area contributed by atoms with Crippen LogP contribution >= 0.6 is 0 Å². The quantitative estimate of drug-likeness (QED) is 0.753. The Labute approximate surface area is 87.2 Å². The van der Waals surface area contributed by atoms with Gasteiger partial charge in [-0.05, 0) is 47.4 Å². The largest absolute Gasteiger partial charge is 0.385 e. The lowest BCUT2D eigenvalue weighted by Gasteiger charge is -2.08. The van der Waals surface area contributed by atoms with Crippen LogP contribution in [0.5, 0.6) is 0 Å². The first-order valence-corrected chi connectivity index (χ1v) is 5.10. The van der Waals surface area contributed by atoms with Gasteiger partial charge in [0, 0.05) is 0 Å². The third-order valence-electron chi connectivity index (χ3n) is 3.06. The summed E-state index contributed by atoms with van der Waals surface area (Å²) in [7, 11) is 0. The lowest BCUT2D eigenvalue weighted by Crippen LogP contribution is -2.03. The monoisotopic (exact) mass is 202 g/mol. The lowest BCUT2D eigenvalue weighted by atomic mass is 10.0. The van der Waals surface area contributed by atoms with E-state index < -0.39 is 5.60 Å². The first kappa shape index (κ1) is 8.86. The van der Waals surface area contributed by atoms with Crippen LogP contribution in [0.25, 0.3) is 10.8 Å². The van der Waals surface area contributed by atoms with Gasteiger partial charge in [0.25, 0.3) is 0 Å². The summed E-state index contributed by atoms with van der Waals surface area (Å²) in [6.45, 7) is 0. The third kappa shape index (κ3) is 1.41. The SMILES string of the molecule is OC1(c2ccc3cc(F)ccc3c2)CC1. The number of rotatable bonds is 1. The highest BCUT2D eigenvalue weighted by atomic mass is 19.1. The third-order valence-corrected chi connectivity index (χ3v) is 3.06. The van der Waals surface area contributed by atoms with Crippen LogP contribution in [0.15, 0.2) is 36.4 Å². The van der Waals surface area contributed by atoms with Crippen LogP contribution in [-0.4, -0.2) is 5.11 Å². The molecule has 0 heterocycles. The molecule has 3 rings (SSSR count). The zero-order valence-electron chi connectivity index (χ0n) is 8.20. The minimum Gasteiger partial charge on any atom is -0.385 e. The molecule has 0 radical (unpaired) electrons. The molecule has 1 aliphatic rings. The number of fused-ring (bicyclic) bond motifs is 1. The molecule has 0 spiro atoms. The Morgan fingerprint density at radius 2 is 1.67 bits per heavy atom. The zero-order valence-corrected chi connectivity index (χ0v) is 8.20. The molecular weight excluding hydrogens is 191 g/mol. The molecule has 1 N–H and O–H groups in total. The molecule has 2 aromatic rings. The van der Waals surface area contributed by atoms with Crippen LogP contribution in [0.3, 0.4) is 0 Å². The van der Waals surface area contributed by atoms with Gasteiger partial charge in [-0.3, -0.25) is 0 Å². The van der Waals surface area contributed by atoms with E-state index >= 15 is 0 Å². The molecule has 1 nitrogen and oxygen atoms in total. The number of halogens is 1. The predicted octanol–water partition coefficient (Wildman–Crippen LogP) is 2.96. The van der Waals surface area contributed by atoms with Crippen LogP contribution in [-0.2, 0) is 5.60 Å². The van der Waals surface area contributed by atoms with Crippen molar-refractivity contribution in [1.82, 2.24) is 0 Å². The van der Waals surface area contributed by atoms with Crippen molar-refractivity contribution in [2.24, 2.45) is 0 Å². The molecule has 0 amide bonds. The van der Waals surface area contributed by atoms with Gasteiger partial charge >= 0.3 is 0 Å². The van der Waals surface area contributed by atoms with Gasteiger partial charge in [-0.1, -0.05) is 18.2 Å². The van der Waals surface area contributed by atoms with Crippen LogP contribution in [0, 0.1) is 5.82 Å². The van der Waals surface area contributed by atoms with E-state index in [1.165, 1.54) is 12.1 Å². The second-order valence-electron chi connectivity index (χ2n) is 4.24. The lowest BCUT2D eigenvalue weighted by molar-refractivity contribution is 0.151. The normalized spacial score (nSPS) is 18.0. The summed E-state index contributed by atoms with van der Waals surface area (Å²) < 4.78 is 12.9. The van der Waals surface area contributed by atoms with Gasteiger partial charge in [0.05, 0.1) is 5.60 Å². The molecule has 0 atom stereocenters. The molecule has 2 aromatic carbocycles. The van der Waals surface area contributed by atoms with Crippen LogP contribution < -0.4 is 0 Å². The van der Waals surface area contributed by atoms with E-state index in [2.05, 4.69) is 0 Å². The summed E-state index contributed by atoms with van der Waals surface area (Å²) in [6, 6.07) is 10.4. The maximum Gasteiger partial charge on any atom is 0.123 e. The first-order valence-electron chi connectivity index (χ1n) is 5.10. The van der Waals surface area contributed by atoms with E-state index in [9.17, 15) is 9.50 Å². The zero-order chi connectivity index (χ0) is 10.5. The van der Waals surface area contributed by atoms with Gasteiger partial charge in [-0.15, -0.1) is 0 Å². The van der Waals surface area contributed by atoms with Crippen molar-refractivity contribution < 1.29 is 9.50 Å². The Kier molecular flexibility index (Phi) is 1.65. The molecule has 0 bridgehead atoms. The fourth-order valence-electron chi connectivity index (χ4n) is 1.91. The summed E-state index contributed by atoms with van der Waals surface area (Å²) >= 11 is 0. The molecule has 1 saturated carbocycles. The smallest absolute Gasteiger partial charge is 0.123 e. The van der Waals surface area contributed by atoms with Gasteiger partial charge in [0.2, 0.25) is 0 Å². The van der Waals surface area contributed by atoms with Crippen molar-refractivity contribution >= 4 is 10.8 Å². The molecule has 1 fully saturated rings. The number of aliphatic hydroxyl groups is 1. The van der Waals surface area contributed by atoms with E-state index in [4.69, 9.17) is 0 Å². The fourth-order valence-corrected chi connectivity index (χ4v) is 1.91. The van der Waals surface area contributed by atoms with Crippen molar-refractivity contribution in [2.45, 2.75) is 18.4 Å². The van der Waals surface area contributed by atoms with Crippen LogP contribution in [0.4, 0.5) is 4.39 Å². The number of hydrogen-bond donors (Lipinski definition) is 1. The minimum absolute atomic E-state index is 0.222. The summed E-state index contributed by atoms with van der Waals surface area (Å²) in [5.41, 5.74) is 0.337.